The van der Waals surface area contributed by atoms with E-state index in [2.05, 4.69) is 0 Å². The van der Waals surface area contributed by atoms with Crippen molar-refractivity contribution in [1.82, 2.24) is 0 Å². The molecule has 0 aromatic heterocycles. The quantitative estimate of drug-likeness (QED) is 0.431. The number of allylic oxidation sites excluding steroid dienone is 2. The van der Waals surface area contributed by atoms with Crippen molar-refractivity contribution in [1.29, 1.82) is 0 Å². The van der Waals surface area contributed by atoms with Crippen LogP contribution < -0.4 is 0 Å². The van der Waals surface area contributed by atoms with E-state index in [1.807, 2.05) is 43.4 Å². The minimum atomic E-state index is 2.00. The molecule has 0 fully saturated rings. The fourth-order valence-corrected chi connectivity index (χ4v) is 0.397. The van der Waals surface area contributed by atoms with E-state index >= 15 is 0 Å². The normalized spacial score (nSPS) is 8.80. The van der Waals surface area contributed by atoms with Crippen molar-refractivity contribution in [2.75, 3.05) is 0 Å². The van der Waals surface area contributed by atoms with Crippen molar-refractivity contribution >= 4 is 4.31 Å². The van der Waals surface area contributed by atoms with Crippen LogP contribution in [-0.2, 0) is 20.0 Å². The van der Waals surface area contributed by atoms with E-state index in [4.69, 9.17) is 0 Å². The van der Waals surface area contributed by atoms with Crippen molar-refractivity contribution < 1.29 is 20.0 Å². The van der Waals surface area contributed by atoms with Crippen LogP contribution in [-0.4, -0.2) is 4.31 Å². The molecule has 0 unspecified atom stereocenters. The summed E-state index contributed by atoms with van der Waals surface area (Å²) in [6.07, 6.45) is 4.00. The molecule has 0 saturated carbocycles. The fourth-order valence-electron chi connectivity index (χ4n) is 0.0962. The molecule has 0 aliphatic rings. The third-order valence-electron chi connectivity index (χ3n) is 0.289. The van der Waals surface area contributed by atoms with Gasteiger partial charge in [0.15, 0.2) is 0 Å². The third-order valence-corrected chi connectivity index (χ3v) is 0.589. The van der Waals surface area contributed by atoms with Gasteiger partial charge in [-0.05, 0) is 0 Å². The summed E-state index contributed by atoms with van der Waals surface area (Å²) in [6, 6.07) is 0. The van der Waals surface area contributed by atoms with Crippen molar-refractivity contribution in [2.45, 2.75) is 6.92 Å². The Morgan fingerprint density at radius 2 is 2.20 bits per heavy atom. The standard InChI is InChI=1S/C4H6.Ti/c1-3-4-2;/h1,3-4H,2H3;. The molecule has 0 aromatic rings. The Hall–Kier alpha value is 0.324. The molecule has 1 heteroatoms. The summed E-state index contributed by atoms with van der Waals surface area (Å²) in [5, 5.41) is 0. The van der Waals surface area contributed by atoms with Gasteiger partial charge in [0, 0.05) is 0 Å². The van der Waals surface area contributed by atoms with Gasteiger partial charge in [-0.25, -0.2) is 0 Å². The van der Waals surface area contributed by atoms with Gasteiger partial charge in [-0.1, -0.05) is 0 Å². The molecule has 0 aliphatic heterocycles. The van der Waals surface area contributed by atoms with Gasteiger partial charge < -0.3 is 0 Å². The molecule has 0 radical (unpaired) electrons. The average molecular weight is 102 g/mol. The molecule has 0 saturated heterocycles. The molecule has 5 heavy (non-hydrogen) atoms. The van der Waals surface area contributed by atoms with Crippen LogP contribution in [0, 0.1) is 0 Å². The van der Waals surface area contributed by atoms with E-state index in [9.17, 15) is 0 Å². The summed E-state index contributed by atoms with van der Waals surface area (Å²) < 4.78 is 2.00. The topological polar surface area (TPSA) is 0 Å². The molecule has 0 aromatic carbocycles. The molecule has 0 bridgehead atoms. The van der Waals surface area contributed by atoms with Gasteiger partial charge in [0.05, 0.1) is 0 Å². The maximum absolute atomic E-state index is 2.00. The first kappa shape index (κ1) is 5.32. The molecule has 0 nitrogen and oxygen atoms in total. The number of hydrogen-bond donors (Lipinski definition) is 0. The first-order chi connectivity index (χ1) is 2.41. The second kappa shape index (κ2) is 4.32. The molecule has 0 rings (SSSR count). The van der Waals surface area contributed by atoms with Gasteiger partial charge in [-0.2, -0.15) is 0 Å². The van der Waals surface area contributed by atoms with E-state index in [1.165, 1.54) is 0 Å². The van der Waals surface area contributed by atoms with E-state index in [0.29, 0.717) is 0 Å². The van der Waals surface area contributed by atoms with E-state index in [0.717, 1.165) is 0 Å². The monoisotopic (exact) mass is 102 g/mol. The molecule has 0 heterocycles. The summed E-state index contributed by atoms with van der Waals surface area (Å²) in [5.41, 5.74) is 0. The first-order valence-electron chi connectivity index (χ1n) is 1.53. The van der Waals surface area contributed by atoms with Crippen LogP contribution in [0.1, 0.15) is 6.92 Å². The van der Waals surface area contributed by atoms with Gasteiger partial charge in [0.2, 0.25) is 0 Å². The second-order valence-corrected chi connectivity index (χ2v) is 1.21. The number of rotatable bonds is 1. The Kier molecular flexibility index (Phi) is 4.60. The zero-order valence-corrected chi connectivity index (χ0v) is 4.79. The van der Waals surface area contributed by atoms with Crippen LogP contribution in [0.3, 0.4) is 0 Å². The summed E-state index contributed by atoms with van der Waals surface area (Å²) in [5.74, 6) is 0. The van der Waals surface area contributed by atoms with E-state index in [1.54, 1.807) is 0 Å². The Balaban J connectivity index is 2.92. The molecule has 0 aliphatic carbocycles. The third kappa shape index (κ3) is 4.32. The fraction of sp³-hybridized carbons (Fsp3) is 0.250. The van der Waals surface area contributed by atoms with Crippen molar-refractivity contribution in [3.8, 4) is 0 Å². The van der Waals surface area contributed by atoms with Crippen molar-refractivity contribution in [3.63, 3.8) is 0 Å². The van der Waals surface area contributed by atoms with Crippen molar-refractivity contribution in [2.24, 2.45) is 0 Å². The van der Waals surface area contributed by atoms with Crippen LogP contribution in [0.2, 0.25) is 0 Å². The SMILES string of the molecule is CC=C[CH]=[Ti]. The molecular formula is C4H6Ti. The average Bonchev–Trinajstić information content (AvgIpc) is 1.41. The van der Waals surface area contributed by atoms with E-state index in [-0.39, 0.29) is 0 Å². The van der Waals surface area contributed by atoms with Crippen LogP contribution in [0.5, 0.6) is 0 Å². The van der Waals surface area contributed by atoms with Crippen LogP contribution >= 0.6 is 0 Å². The summed E-state index contributed by atoms with van der Waals surface area (Å²) >= 11 is 2.00. The summed E-state index contributed by atoms with van der Waals surface area (Å²) in [7, 11) is 0. The van der Waals surface area contributed by atoms with Crippen LogP contribution in [0.25, 0.3) is 0 Å². The molecule has 0 N–H and O–H groups in total. The zero-order valence-electron chi connectivity index (χ0n) is 3.23. The van der Waals surface area contributed by atoms with Gasteiger partial charge in [0.25, 0.3) is 0 Å². The molecule has 0 spiro atoms. The molecule has 0 atom stereocenters. The van der Waals surface area contributed by atoms with Crippen molar-refractivity contribution in [3.05, 3.63) is 12.2 Å². The second-order valence-electron chi connectivity index (χ2n) is 0.692. The minimum absolute atomic E-state index is 2.00. The predicted molar refractivity (Wildman–Crippen MR) is 20.9 cm³/mol. The Bertz CT molecular complexity index is 45.6. The molecule has 0 amide bonds. The van der Waals surface area contributed by atoms with Gasteiger partial charge in [0.1, 0.15) is 0 Å². The molecular weight excluding hydrogens is 95.9 g/mol. The Labute approximate surface area is 43.8 Å². The van der Waals surface area contributed by atoms with E-state index < -0.39 is 0 Å². The maximum atomic E-state index is 2.00. The Morgan fingerprint density at radius 3 is 2.20 bits per heavy atom. The van der Waals surface area contributed by atoms with Gasteiger partial charge in [-0.3, -0.25) is 0 Å². The van der Waals surface area contributed by atoms with Crippen LogP contribution in [0.15, 0.2) is 12.2 Å². The molecule has 26 valence electrons. The summed E-state index contributed by atoms with van der Waals surface area (Å²) in [6.45, 7) is 2.00. The first-order valence-corrected chi connectivity index (χ1v) is 2.43. The number of hydrogen-bond acceptors (Lipinski definition) is 0. The van der Waals surface area contributed by atoms with Gasteiger partial charge in [-0.15, -0.1) is 0 Å². The summed E-state index contributed by atoms with van der Waals surface area (Å²) in [4.78, 5) is 0. The van der Waals surface area contributed by atoms with Gasteiger partial charge >= 0.3 is 43.4 Å². The Morgan fingerprint density at radius 1 is 1.60 bits per heavy atom. The predicted octanol–water partition coefficient (Wildman–Crippen LogP) is 0.911. The van der Waals surface area contributed by atoms with Crippen LogP contribution in [0.4, 0.5) is 0 Å². The zero-order chi connectivity index (χ0) is 4.12.